The monoisotopic (exact) mass is 259 g/mol. The van der Waals surface area contributed by atoms with Gasteiger partial charge in [0.15, 0.2) is 0 Å². The van der Waals surface area contributed by atoms with Crippen molar-refractivity contribution in [3.63, 3.8) is 0 Å². The van der Waals surface area contributed by atoms with E-state index in [1.54, 1.807) is 16.7 Å². The zero-order valence-corrected chi connectivity index (χ0v) is 11.3. The van der Waals surface area contributed by atoms with Gasteiger partial charge in [-0.3, -0.25) is 9.59 Å². The molecule has 0 bridgehead atoms. The average Bonchev–Trinajstić information content (AvgIpc) is 2.66. The number of unbranched alkanes of at least 4 members (excludes halogenated alkanes) is 1. The van der Waals surface area contributed by atoms with Crippen LogP contribution in [0, 0.1) is 11.8 Å². The molecule has 1 saturated heterocycles. The largest absolute Gasteiger partial charge is 0.481 e. The molecular formula is C12H21NO3S. The second-order valence-corrected chi connectivity index (χ2v) is 5.66. The molecule has 0 aromatic carbocycles. The highest BCUT2D eigenvalue weighted by Gasteiger charge is 2.36. The number of hydrogen-bond acceptors (Lipinski definition) is 3. The van der Waals surface area contributed by atoms with Gasteiger partial charge in [-0.25, -0.2) is 0 Å². The summed E-state index contributed by atoms with van der Waals surface area (Å²) in [6.07, 6.45) is 4.57. The molecule has 0 unspecified atom stereocenters. The molecule has 1 amide bonds. The molecule has 0 aliphatic carbocycles. The third kappa shape index (κ3) is 4.22. The van der Waals surface area contributed by atoms with Crippen molar-refractivity contribution in [3.8, 4) is 0 Å². The van der Waals surface area contributed by atoms with Gasteiger partial charge in [0.05, 0.1) is 5.92 Å². The Morgan fingerprint density at radius 2 is 2.06 bits per heavy atom. The van der Waals surface area contributed by atoms with Gasteiger partial charge in [0.25, 0.3) is 0 Å². The van der Waals surface area contributed by atoms with Crippen LogP contribution in [0.5, 0.6) is 0 Å². The fraction of sp³-hybridized carbons (Fsp3) is 0.833. The minimum Gasteiger partial charge on any atom is -0.481 e. The van der Waals surface area contributed by atoms with Crippen molar-refractivity contribution in [2.75, 3.05) is 25.1 Å². The summed E-state index contributed by atoms with van der Waals surface area (Å²) < 4.78 is 0. The van der Waals surface area contributed by atoms with Crippen LogP contribution in [-0.4, -0.2) is 47.0 Å². The molecule has 5 heteroatoms. The molecule has 0 aromatic rings. The van der Waals surface area contributed by atoms with Gasteiger partial charge in [-0.1, -0.05) is 6.92 Å². The number of hydrogen-bond donors (Lipinski definition) is 1. The van der Waals surface area contributed by atoms with E-state index in [1.165, 1.54) is 0 Å². The first kappa shape index (κ1) is 14.4. The van der Waals surface area contributed by atoms with Crippen LogP contribution in [-0.2, 0) is 9.59 Å². The predicted molar refractivity (Wildman–Crippen MR) is 69.1 cm³/mol. The third-order valence-electron chi connectivity index (χ3n) is 3.27. The summed E-state index contributed by atoms with van der Waals surface area (Å²) in [5.74, 6) is 0.103. The second-order valence-electron chi connectivity index (χ2n) is 4.67. The zero-order chi connectivity index (χ0) is 12.8. The standard InChI is InChI=1S/C12H21NO3S/c1-9-7-13(8-10(9)12(15)16)11(14)5-3-4-6-17-2/h9-10H,3-8H2,1-2H3,(H,15,16)/t9-,10-/m1/s1. The van der Waals surface area contributed by atoms with Gasteiger partial charge >= 0.3 is 5.97 Å². The van der Waals surface area contributed by atoms with E-state index >= 15 is 0 Å². The van der Waals surface area contributed by atoms with Crippen LogP contribution in [0.3, 0.4) is 0 Å². The number of amides is 1. The minimum absolute atomic E-state index is 0.0719. The van der Waals surface area contributed by atoms with Crippen LogP contribution in [0.15, 0.2) is 0 Å². The number of aliphatic carboxylic acids is 1. The molecule has 98 valence electrons. The summed E-state index contributed by atoms with van der Waals surface area (Å²) in [5, 5.41) is 8.99. The van der Waals surface area contributed by atoms with Gasteiger partial charge in [0, 0.05) is 19.5 Å². The van der Waals surface area contributed by atoms with Crippen molar-refractivity contribution in [1.82, 2.24) is 4.90 Å². The Hall–Kier alpha value is -0.710. The van der Waals surface area contributed by atoms with Gasteiger partial charge in [-0.05, 0) is 30.8 Å². The quantitative estimate of drug-likeness (QED) is 0.738. The summed E-state index contributed by atoms with van der Waals surface area (Å²) >= 11 is 1.79. The molecule has 1 fully saturated rings. The topological polar surface area (TPSA) is 57.6 Å². The van der Waals surface area contributed by atoms with Gasteiger partial charge in [-0.2, -0.15) is 11.8 Å². The number of carbonyl (C=O) groups excluding carboxylic acids is 1. The Labute approximate surface area is 107 Å². The molecular weight excluding hydrogens is 238 g/mol. The van der Waals surface area contributed by atoms with E-state index in [2.05, 4.69) is 6.26 Å². The van der Waals surface area contributed by atoms with E-state index in [-0.39, 0.29) is 17.7 Å². The molecule has 0 saturated carbocycles. The first-order chi connectivity index (χ1) is 8.06. The van der Waals surface area contributed by atoms with Crippen molar-refractivity contribution in [1.29, 1.82) is 0 Å². The lowest BCUT2D eigenvalue weighted by Gasteiger charge is -2.15. The molecule has 1 rings (SSSR count). The number of carboxylic acids is 1. The van der Waals surface area contributed by atoms with Crippen molar-refractivity contribution in [3.05, 3.63) is 0 Å². The maximum atomic E-state index is 11.8. The molecule has 1 aliphatic rings. The first-order valence-corrected chi connectivity index (χ1v) is 7.45. The maximum absolute atomic E-state index is 11.8. The van der Waals surface area contributed by atoms with E-state index in [9.17, 15) is 9.59 Å². The molecule has 0 aromatic heterocycles. The van der Waals surface area contributed by atoms with Crippen LogP contribution in [0.2, 0.25) is 0 Å². The van der Waals surface area contributed by atoms with Crippen LogP contribution in [0.4, 0.5) is 0 Å². The van der Waals surface area contributed by atoms with E-state index in [0.29, 0.717) is 19.5 Å². The zero-order valence-electron chi connectivity index (χ0n) is 10.5. The van der Waals surface area contributed by atoms with Gasteiger partial charge in [0.1, 0.15) is 0 Å². The van der Waals surface area contributed by atoms with E-state index in [1.807, 2.05) is 6.92 Å². The molecule has 1 N–H and O–H groups in total. The van der Waals surface area contributed by atoms with Gasteiger partial charge in [0.2, 0.25) is 5.91 Å². The maximum Gasteiger partial charge on any atom is 0.308 e. The molecule has 17 heavy (non-hydrogen) atoms. The summed E-state index contributed by atoms with van der Waals surface area (Å²) in [6, 6.07) is 0. The second kappa shape index (κ2) is 6.89. The Bertz CT molecular complexity index is 283. The van der Waals surface area contributed by atoms with Gasteiger partial charge in [-0.15, -0.1) is 0 Å². The van der Waals surface area contributed by atoms with Crippen LogP contribution in [0.25, 0.3) is 0 Å². The molecule has 2 atom stereocenters. The Morgan fingerprint density at radius 1 is 1.35 bits per heavy atom. The lowest BCUT2D eigenvalue weighted by atomic mass is 9.99. The fourth-order valence-corrected chi connectivity index (χ4v) is 2.67. The predicted octanol–water partition coefficient (Wildman–Crippen LogP) is 1.70. The SMILES string of the molecule is CSCCCCC(=O)N1C[C@@H](C)[C@H](C(=O)O)C1. The summed E-state index contributed by atoms with van der Waals surface area (Å²) in [5.41, 5.74) is 0. The Morgan fingerprint density at radius 3 is 2.59 bits per heavy atom. The molecule has 0 spiro atoms. The number of likely N-dealkylation sites (tertiary alicyclic amines) is 1. The minimum atomic E-state index is -0.782. The summed E-state index contributed by atoms with van der Waals surface area (Å²) in [6.45, 7) is 2.88. The number of carboxylic acid groups (broad SMARTS) is 1. The summed E-state index contributed by atoms with van der Waals surface area (Å²) in [7, 11) is 0. The normalized spacial score (nSPS) is 24.0. The van der Waals surface area contributed by atoms with Crippen LogP contribution in [0.1, 0.15) is 26.2 Å². The van der Waals surface area contributed by atoms with Gasteiger partial charge < -0.3 is 10.0 Å². The Kier molecular flexibility index (Phi) is 5.82. The van der Waals surface area contributed by atoms with E-state index < -0.39 is 5.97 Å². The van der Waals surface area contributed by atoms with Crippen molar-refractivity contribution in [2.45, 2.75) is 26.2 Å². The number of thioether (sulfide) groups is 1. The number of nitrogens with zero attached hydrogens (tertiary/aromatic N) is 1. The third-order valence-corrected chi connectivity index (χ3v) is 3.97. The molecule has 0 radical (unpaired) electrons. The fourth-order valence-electron chi connectivity index (χ4n) is 2.17. The van der Waals surface area contributed by atoms with Crippen LogP contribution >= 0.6 is 11.8 Å². The highest BCUT2D eigenvalue weighted by atomic mass is 32.2. The number of carbonyl (C=O) groups is 2. The van der Waals surface area contributed by atoms with Crippen molar-refractivity contribution in [2.24, 2.45) is 11.8 Å². The molecule has 1 heterocycles. The average molecular weight is 259 g/mol. The van der Waals surface area contributed by atoms with E-state index in [4.69, 9.17) is 5.11 Å². The Balaban J connectivity index is 2.32. The van der Waals surface area contributed by atoms with Crippen molar-refractivity contribution < 1.29 is 14.7 Å². The first-order valence-electron chi connectivity index (χ1n) is 6.05. The van der Waals surface area contributed by atoms with E-state index in [0.717, 1.165) is 18.6 Å². The lowest BCUT2D eigenvalue weighted by molar-refractivity contribution is -0.142. The number of rotatable bonds is 6. The van der Waals surface area contributed by atoms with Crippen molar-refractivity contribution >= 4 is 23.6 Å². The van der Waals surface area contributed by atoms with Crippen LogP contribution < -0.4 is 0 Å². The highest BCUT2D eigenvalue weighted by Crippen LogP contribution is 2.24. The molecule has 4 nitrogen and oxygen atoms in total. The summed E-state index contributed by atoms with van der Waals surface area (Å²) in [4.78, 5) is 24.5. The molecule has 1 aliphatic heterocycles. The smallest absolute Gasteiger partial charge is 0.308 e. The lowest BCUT2D eigenvalue weighted by Crippen LogP contribution is -2.29. The highest BCUT2D eigenvalue weighted by molar-refractivity contribution is 7.98.